The van der Waals surface area contributed by atoms with E-state index in [2.05, 4.69) is 29.0 Å². The van der Waals surface area contributed by atoms with Gasteiger partial charge in [-0.3, -0.25) is 4.99 Å². The molecule has 0 spiro atoms. The molecule has 2 rings (SSSR count). The molecule has 2 aliphatic rings. The molecule has 0 aliphatic carbocycles. The average molecular weight is 294 g/mol. The molecule has 0 aromatic rings. The van der Waals surface area contributed by atoms with Crippen LogP contribution in [-0.4, -0.2) is 61.1 Å². The molecule has 0 bridgehead atoms. The highest BCUT2D eigenvalue weighted by Gasteiger charge is 2.17. The quantitative estimate of drug-likeness (QED) is 0.464. The van der Waals surface area contributed by atoms with E-state index in [9.17, 15) is 0 Å². The van der Waals surface area contributed by atoms with Crippen LogP contribution in [0.2, 0.25) is 0 Å². The van der Waals surface area contributed by atoms with Crippen LogP contribution in [0, 0.1) is 0 Å². The van der Waals surface area contributed by atoms with E-state index >= 15 is 0 Å². The Hall–Kier alpha value is -0.770. The van der Waals surface area contributed by atoms with Crippen molar-refractivity contribution in [1.29, 1.82) is 0 Å². The lowest BCUT2D eigenvalue weighted by Gasteiger charge is -2.33. The molecule has 1 unspecified atom stereocenters. The Morgan fingerprint density at radius 2 is 1.86 bits per heavy atom. The fourth-order valence-corrected chi connectivity index (χ4v) is 3.46. The highest BCUT2D eigenvalue weighted by Crippen LogP contribution is 2.16. The first-order valence-corrected chi connectivity index (χ1v) is 9.08. The molecule has 2 aliphatic heterocycles. The van der Waals surface area contributed by atoms with Gasteiger partial charge in [-0.1, -0.05) is 6.42 Å². The summed E-state index contributed by atoms with van der Waals surface area (Å²) in [6.45, 7) is 11.4. The molecule has 4 nitrogen and oxygen atoms in total. The van der Waals surface area contributed by atoms with Gasteiger partial charge in [0.2, 0.25) is 0 Å². The number of aliphatic imine (C=N–C) groups is 1. The predicted molar refractivity (Wildman–Crippen MR) is 90.9 cm³/mol. The summed E-state index contributed by atoms with van der Waals surface area (Å²) in [6.07, 6.45) is 9.33. The summed E-state index contributed by atoms with van der Waals surface area (Å²) in [5.41, 5.74) is 0. The third kappa shape index (κ3) is 5.50. The minimum Gasteiger partial charge on any atom is -0.357 e. The third-order valence-electron chi connectivity index (χ3n) is 4.80. The molecule has 0 aromatic heterocycles. The SMILES string of the molecule is CCNC(=NCCCCN1CCCCC1C)N1CCCC1. The minimum absolute atomic E-state index is 0.796. The fourth-order valence-electron chi connectivity index (χ4n) is 3.46. The number of hydrogen-bond acceptors (Lipinski definition) is 2. The smallest absolute Gasteiger partial charge is 0.193 e. The van der Waals surface area contributed by atoms with Crippen molar-refractivity contribution < 1.29 is 0 Å². The first-order valence-electron chi connectivity index (χ1n) is 9.08. The van der Waals surface area contributed by atoms with Crippen LogP contribution in [0.15, 0.2) is 4.99 Å². The van der Waals surface area contributed by atoms with Crippen molar-refractivity contribution in [3.8, 4) is 0 Å². The van der Waals surface area contributed by atoms with E-state index in [0.717, 1.165) is 25.1 Å². The van der Waals surface area contributed by atoms with Gasteiger partial charge in [-0.15, -0.1) is 0 Å². The Morgan fingerprint density at radius 1 is 1.10 bits per heavy atom. The second-order valence-electron chi connectivity index (χ2n) is 6.52. The second-order valence-corrected chi connectivity index (χ2v) is 6.52. The highest BCUT2D eigenvalue weighted by atomic mass is 15.3. The Labute approximate surface area is 131 Å². The number of nitrogens with zero attached hydrogens (tertiary/aromatic N) is 3. The van der Waals surface area contributed by atoms with Crippen LogP contribution in [0.1, 0.15) is 58.8 Å². The second kappa shape index (κ2) is 9.29. The number of rotatable bonds is 6. The summed E-state index contributed by atoms with van der Waals surface area (Å²) in [4.78, 5) is 9.89. The van der Waals surface area contributed by atoms with Gasteiger partial charge >= 0.3 is 0 Å². The standard InChI is InChI=1S/C17H34N4/c1-3-18-17(21-14-8-9-15-21)19-11-5-7-13-20-12-6-4-10-16(20)2/h16H,3-15H2,1-2H3,(H,18,19). The number of guanidine groups is 1. The lowest BCUT2D eigenvalue weighted by Crippen LogP contribution is -2.39. The highest BCUT2D eigenvalue weighted by molar-refractivity contribution is 5.80. The number of nitrogens with one attached hydrogen (secondary N) is 1. The first-order chi connectivity index (χ1) is 10.3. The molecule has 1 atom stereocenters. The molecule has 0 amide bonds. The van der Waals surface area contributed by atoms with Crippen LogP contribution in [0.25, 0.3) is 0 Å². The van der Waals surface area contributed by atoms with Gasteiger partial charge in [-0.25, -0.2) is 0 Å². The minimum atomic E-state index is 0.796. The van der Waals surface area contributed by atoms with Crippen molar-refractivity contribution in [3.05, 3.63) is 0 Å². The van der Waals surface area contributed by atoms with Crippen molar-refractivity contribution in [1.82, 2.24) is 15.1 Å². The van der Waals surface area contributed by atoms with Crippen LogP contribution in [-0.2, 0) is 0 Å². The van der Waals surface area contributed by atoms with Crippen molar-refractivity contribution in [2.45, 2.75) is 64.8 Å². The molecular formula is C17H34N4. The zero-order chi connectivity index (χ0) is 14.9. The molecule has 1 N–H and O–H groups in total. The topological polar surface area (TPSA) is 30.9 Å². The maximum Gasteiger partial charge on any atom is 0.193 e. The number of piperidine rings is 1. The molecule has 2 saturated heterocycles. The summed E-state index contributed by atoms with van der Waals surface area (Å²) in [5.74, 6) is 1.14. The molecule has 4 heteroatoms. The van der Waals surface area contributed by atoms with Gasteiger partial charge in [0.1, 0.15) is 0 Å². The third-order valence-corrected chi connectivity index (χ3v) is 4.80. The van der Waals surface area contributed by atoms with Gasteiger partial charge in [0, 0.05) is 32.2 Å². The van der Waals surface area contributed by atoms with Crippen molar-refractivity contribution in [2.75, 3.05) is 39.3 Å². The molecule has 21 heavy (non-hydrogen) atoms. The Bertz CT molecular complexity index is 310. The number of unbranched alkanes of at least 4 members (excludes halogenated alkanes) is 1. The molecule has 122 valence electrons. The number of hydrogen-bond donors (Lipinski definition) is 1. The average Bonchev–Trinajstić information content (AvgIpc) is 3.02. The monoisotopic (exact) mass is 294 g/mol. The first kappa shape index (κ1) is 16.6. The van der Waals surface area contributed by atoms with Crippen LogP contribution >= 0.6 is 0 Å². The van der Waals surface area contributed by atoms with Gasteiger partial charge in [-0.2, -0.15) is 0 Å². The van der Waals surface area contributed by atoms with Crippen molar-refractivity contribution in [3.63, 3.8) is 0 Å². The lowest BCUT2D eigenvalue weighted by molar-refractivity contribution is 0.158. The normalized spacial score (nSPS) is 24.6. The Morgan fingerprint density at radius 3 is 2.57 bits per heavy atom. The summed E-state index contributed by atoms with van der Waals surface area (Å²) < 4.78 is 0. The van der Waals surface area contributed by atoms with Gasteiger partial charge in [0.25, 0.3) is 0 Å². The zero-order valence-corrected chi connectivity index (χ0v) is 14.1. The van der Waals surface area contributed by atoms with E-state index in [-0.39, 0.29) is 0 Å². The van der Waals surface area contributed by atoms with Crippen LogP contribution in [0.3, 0.4) is 0 Å². The maximum atomic E-state index is 4.81. The van der Waals surface area contributed by atoms with Gasteiger partial charge in [0.05, 0.1) is 0 Å². The maximum absolute atomic E-state index is 4.81. The van der Waals surface area contributed by atoms with Crippen LogP contribution in [0.4, 0.5) is 0 Å². The molecule has 0 radical (unpaired) electrons. The van der Waals surface area contributed by atoms with Crippen LogP contribution < -0.4 is 5.32 Å². The van der Waals surface area contributed by atoms with E-state index in [0.29, 0.717) is 0 Å². The largest absolute Gasteiger partial charge is 0.357 e. The summed E-state index contributed by atoms with van der Waals surface area (Å²) in [7, 11) is 0. The number of likely N-dealkylation sites (tertiary alicyclic amines) is 2. The lowest BCUT2D eigenvalue weighted by atomic mass is 10.0. The van der Waals surface area contributed by atoms with E-state index in [1.807, 2.05) is 0 Å². The van der Waals surface area contributed by atoms with Gasteiger partial charge in [0.15, 0.2) is 5.96 Å². The van der Waals surface area contributed by atoms with E-state index in [1.54, 1.807) is 0 Å². The van der Waals surface area contributed by atoms with Crippen molar-refractivity contribution >= 4 is 5.96 Å². The Kier molecular flexibility index (Phi) is 7.34. The van der Waals surface area contributed by atoms with Gasteiger partial charge < -0.3 is 15.1 Å². The van der Waals surface area contributed by atoms with E-state index in [1.165, 1.54) is 71.1 Å². The fraction of sp³-hybridized carbons (Fsp3) is 0.941. The molecular weight excluding hydrogens is 260 g/mol. The summed E-state index contributed by atoms with van der Waals surface area (Å²) in [5, 5.41) is 3.44. The molecule has 2 fully saturated rings. The summed E-state index contributed by atoms with van der Waals surface area (Å²) >= 11 is 0. The molecule has 0 saturated carbocycles. The summed E-state index contributed by atoms with van der Waals surface area (Å²) in [6, 6.07) is 0.796. The predicted octanol–water partition coefficient (Wildman–Crippen LogP) is 2.70. The molecule has 2 heterocycles. The van der Waals surface area contributed by atoms with Crippen molar-refractivity contribution in [2.24, 2.45) is 4.99 Å². The van der Waals surface area contributed by atoms with E-state index < -0.39 is 0 Å². The van der Waals surface area contributed by atoms with E-state index in [4.69, 9.17) is 4.99 Å². The van der Waals surface area contributed by atoms with Crippen LogP contribution in [0.5, 0.6) is 0 Å². The molecule has 0 aromatic carbocycles. The van der Waals surface area contributed by atoms with Gasteiger partial charge in [-0.05, 0) is 65.5 Å². The Balaban J connectivity index is 1.65. The zero-order valence-electron chi connectivity index (χ0n) is 14.1.